The van der Waals surface area contributed by atoms with E-state index in [0.29, 0.717) is 24.7 Å². The van der Waals surface area contributed by atoms with Gasteiger partial charge in [0.25, 0.3) is 0 Å². The van der Waals surface area contributed by atoms with Gasteiger partial charge in [0.15, 0.2) is 0 Å². The van der Waals surface area contributed by atoms with Crippen molar-refractivity contribution >= 4 is 10.0 Å². The molecule has 6 heteroatoms. The molecule has 1 aromatic rings. The second-order valence-corrected chi connectivity index (χ2v) is 8.70. The van der Waals surface area contributed by atoms with Gasteiger partial charge in [0.1, 0.15) is 16.4 Å². The highest BCUT2D eigenvalue weighted by molar-refractivity contribution is 7.89. The third kappa shape index (κ3) is 5.35. The minimum atomic E-state index is -3.60. The number of benzene rings is 1. The molecule has 1 aliphatic heterocycles. The van der Waals surface area contributed by atoms with Gasteiger partial charge in [-0.05, 0) is 38.8 Å². The zero-order chi connectivity index (χ0) is 18.3. The smallest absolute Gasteiger partial charge is 0.246 e. The van der Waals surface area contributed by atoms with Crippen molar-refractivity contribution in [3.8, 4) is 11.5 Å². The summed E-state index contributed by atoms with van der Waals surface area (Å²) in [6.07, 6.45) is 7.60. The molecule has 0 bridgehead atoms. The first-order valence-corrected chi connectivity index (χ1v) is 10.7. The van der Waals surface area contributed by atoms with E-state index >= 15 is 0 Å². The van der Waals surface area contributed by atoms with Gasteiger partial charge in [-0.2, -0.15) is 4.31 Å². The quantitative estimate of drug-likeness (QED) is 0.783. The number of methoxy groups -OCH3 is 1. The largest absolute Gasteiger partial charge is 0.497 e. The van der Waals surface area contributed by atoms with Crippen molar-refractivity contribution < 1.29 is 17.9 Å². The molecular formula is C19H31NO4S. The van der Waals surface area contributed by atoms with E-state index in [1.165, 1.54) is 19.3 Å². The maximum absolute atomic E-state index is 13.2. The lowest BCUT2D eigenvalue weighted by Gasteiger charge is -2.27. The molecule has 0 N–H and O–H groups in total. The molecule has 1 aliphatic rings. The van der Waals surface area contributed by atoms with Gasteiger partial charge < -0.3 is 9.47 Å². The SMILES string of the molecule is COc1ccc2c(c1)OCCCCCCCCCN(C(C)C)S2(=O)=O. The van der Waals surface area contributed by atoms with Crippen LogP contribution in [0.2, 0.25) is 0 Å². The molecule has 0 radical (unpaired) electrons. The molecule has 0 spiro atoms. The highest BCUT2D eigenvalue weighted by Gasteiger charge is 2.30. The number of sulfonamides is 1. The molecule has 0 saturated heterocycles. The van der Waals surface area contributed by atoms with Crippen LogP contribution in [0.3, 0.4) is 0 Å². The van der Waals surface area contributed by atoms with Crippen LogP contribution in [0, 0.1) is 0 Å². The van der Waals surface area contributed by atoms with Crippen molar-refractivity contribution in [3.05, 3.63) is 18.2 Å². The first-order chi connectivity index (χ1) is 12.0. The molecule has 2 rings (SSSR count). The summed E-state index contributed by atoms with van der Waals surface area (Å²) in [6, 6.07) is 4.87. The highest BCUT2D eigenvalue weighted by atomic mass is 32.2. The Kier molecular flexibility index (Phi) is 7.56. The van der Waals surface area contributed by atoms with Crippen molar-refractivity contribution in [2.24, 2.45) is 0 Å². The molecule has 5 nitrogen and oxygen atoms in total. The van der Waals surface area contributed by atoms with Crippen LogP contribution in [-0.4, -0.2) is 39.0 Å². The number of hydrogen-bond acceptors (Lipinski definition) is 4. The highest BCUT2D eigenvalue weighted by Crippen LogP contribution is 2.32. The minimum absolute atomic E-state index is 0.0899. The fraction of sp³-hybridized carbons (Fsp3) is 0.684. The van der Waals surface area contributed by atoms with Crippen molar-refractivity contribution in [2.45, 2.75) is 69.7 Å². The van der Waals surface area contributed by atoms with E-state index < -0.39 is 10.0 Å². The second kappa shape index (κ2) is 9.43. The van der Waals surface area contributed by atoms with Crippen LogP contribution in [0.25, 0.3) is 0 Å². The summed E-state index contributed by atoms with van der Waals surface area (Å²) in [5, 5.41) is 0. The molecule has 0 unspecified atom stereocenters. The standard InChI is InChI=1S/C19H31NO4S/c1-16(2)20-13-9-7-5-4-6-8-10-14-24-18-15-17(23-3)11-12-19(18)25(20,21)22/h11-12,15-16H,4-10,13-14H2,1-3H3. The molecule has 0 amide bonds. The van der Waals surface area contributed by atoms with E-state index in [1.807, 2.05) is 13.8 Å². The minimum Gasteiger partial charge on any atom is -0.497 e. The maximum Gasteiger partial charge on any atom is 0.246 e. The molecule has 0 fully saturated rings. The van der Waals surface area contributed by atoms with Crippen LogP contribution in [0.1, 0.15) is 58.8 Å². The van der Waals surface area contributed by atoms with Gasteiger partial charge in [-0.15, -0.1) is 0 Å². The van der Waals surface area contributed by atoms with E-state index in [1.54, 1.807) is 29.6 Å². The monoisotopic (exact) mass is 369 g/mol. The maximum atomic E-state index is 13.2. The predicted molar refractivity (Wildman–Crippen MR) is 99.8 cm³/mol. The van der Waals surface area contributed by atoms with E-state index in [2.05, 4.69) is 0 Å². The van der Waals surface area contributed by atoms with Crippen LogP contribution in [0.5, 0.6) is 11.5 Å². The Balaban J connectivity index is 2.39. The van der Waals surface area contributed by atoms with Gasteiger partial charge in [0.2, 0.25) is 10.0 Å². The lowest BCUT2D eigenvalue weighted by molar-refractivity contribution is 0.289. The zero-order valence-electron chi connectivity index (χ0n) is 15.7. The molecule has 0 aliphatic carbocycles. The molecule has 0 aromatic heterocycles. The summed E-state index contributed by atoms with van der Waals surface area (Å²) in [4.78, 5) is 0.235. The molecule has 0 atom stereocenters. The van der Waals surface area contributed by atoms with Crippen molar-refractivity contribution in [2.75, 3.05) is 20.3 Å². The summed E-state index contributed by atoms with van der Waals surface area (Å²) < 4.78 is 39.2. The predicted octanol–water partition coefficient (Wildman–Crippen LogP) is 4.22. The summed E-state index contributed by atoms with van der Waals surface area (Å²) >= 11 is 0. The molecule has 0 saturated carbocycles. The van der Waals surface area contributed by atoms with Crippen LogP contribution in [0.4, 0.5) is 0 Å². The van der Waals surface area contributed by atoms with Crippen LogP contribution in [-0.2, 0) is 10.0 Å². The molecule has 1 heterocycles. The average molecular weight is 370 g/mol. The van der Waals surface area contributed by atoms with Crippen molar-refractivity contribution in [1.29, 1.82) is 0 Å². The number of ether oxygens (including phenoxy) is 2. The Morgan fingerprint density at radius 2 is 1.68 bits per heavy atom. The molecule has 25 heavy (non-hydrogen) atoms. The molecule has 142 valence electrons. The summed E-state index contributed by atoms with van der Waals surface area (Å²) in [5.74, 6) is 0.994. The van der Waals surface area contributed by atoms with Gasteiger partial charge in [-0.25, -0.2) is 8.42 Å². The van der Waals surface area contributed by atoms with Gasteiger partial charge in [0.05, 0.1) is 13.7 Å². The van der Waals surface area contributed by atoms with Crippen LogP contribution < -0.4 is 9.47 Å². The zero-order valence-corrected chi connectivity index (χ0v) is 16.5. The second-order valence-electron chi connectivity index (χ2n) is 6.85. The fourth-order valence-corrected chi connectivity index (χ4v) is 4.95. The lowest BCUT2D eigenvalue weighted by Crippen LogP contribution is -2.38. The van der Waals surface area contributed by atoms with Crippen molar-refractivity contribution in [3.63, 3.8) is 0 Å². The Morgan fingerprint density at radius 1 is 1.04 bits per heavy atom. The topological polar surface area (TPSA) is 55.8 Å². The number of nitrogens with zero attached hydrogens (tertiary/aromatic N) is 1. The average Bonchev–Trinajstić information content (AvgIpc) is 2.58. The summed E-state index contributed by atoms with van der Waals surface area (Å²) in [7, 11) is -2.03. The van der Waals surface area contributed by atoms with Crippen LogP contribution in [0.15, 0.2) is 23.1 Å². The number of rotatable bonds is 2. The van der Waals surface area contributed by atoms with Gasteiger partial charge in [-0.3, -0.25) is 0 Å². The van der Waals surface area contributed by atoms with E-state index in [0.717, 1.165) is 25.7 Å². The van der Waals surface area contributed by atoms with Crippen molar-refractivity contribution in [1.82, 2.24) is 4.31 Å². The Hall–Kier alpha value is -1.27. The lowest BCUT2D eigenvalue weighted by atomic mass is 10.1. The molecule has 1 aromatic carbocycles. The van der Waals surface area contributed by atoms with Crippen LogP contribution >= 0.6 is 0 Å². The first-order valence-electron chi connectivity index (χ1n) is 9.29. The van der Waals surface area contributed by atoms with E-state index in [4.69, 9.17) is 9.47 Å². The number of hydrogen-bond donors (Lipinski definition) is 0. The third-order valence-electron chi connectivity index (χ3n) is 4.59. The molecular weight excluding hydrogens is 338 g/mol. The summed E-state index contributed by atoms with van der Waals surface area (Å²) in [5.41, 5.74) is 0. The normalized spacial score (nSPS) is 20.3. The van der Waals surface area contributed by atoms with Gasteiger partial charge >= 0.3 is 0 Å². The van der Waals surface area contributed by atoms with E-state index in [-0.39, 0.29) is 10.9 Å². The Labute approximate surface area is 152 Å². The summed E-state index contributed by atoms with van der Waals surface area (Å²) in [6.45, 7) is 4.91. The van der Waals surface area contributed by atoms with Gasteiger partial charge in [-0.1, -0.05) is 32.1 Å². The third-order valence-corrected chi connectivity index (χ3v) is 6.71. The Bertz CT molecular complexity index is 643. The Morgan fingerprint density at radius 3 is 2.32 bits per heavy atom. The first kappa shape index (κ1) is 20.0. The van der Waals surface area contributed by atoms with Gasteiger partial charge in [0, 0.05) is 18.7 Å². The van der Waals surface area contributed by atoms with E-state index in [9.17, 15) is 8.42 Å². The fourth-order valence-electron chi connectivity index (χ4n) is 3.16. The number of fused-ring (bicyclic) bond motifs is 1.